The van der Waals surface area contributed by atoms with Gasteiger partial charge in [-0.15, -0.1) is 0 Å². The molecule has 1 aromatic rings. The fraction of sp³-hybridized carbons (Fsp3) is 0.316. The summed E-state index contributed by atoms with van der Waals surface area (Å²) in [6, 6.07) is 10.1. The number of amides is 1. The molecule has 1 aromatic carbocycles. The van der Waals surface area contributed by atoms with Crippen molar-refractivity contribution >= 4 is 18.0 Å². The molecule has 0 fully saturated rings. The molecule has 5 heteroatoms. The topological polar surface area (TPSA) is 47.6 Å². The largest absolute Gasteiger partial charge is 0.382 e. The summed E-state index contributed by atoms with van der Waals surface area (Å²) in [5, 5.41) is 2.42. The quantitative estimate of drug-likeness (QED) is 0.300. The van der Waals surface area contributed by atoms with Gasteiger partial charge in [0, 0.05) is 18.7 Å². The minimum Gasteiger partial charge on any atom is -0.382 e. The molecular weight excluding hydrogens is 326 g/mol. The Kier molecular flexibility index (Phi) is 13.5. The molecule has 1 amide bonds. The van der Waals surface area contributed by atoms with Crippen LogP contribution in [0.4, 0.5) is 0 Å². The minimum atomic E-state index is -0.303. The lowest BCUT2D eigenvalue weighted by Gasteiger charge is -2.18. The number of nitrogens with one attached hydrogen (secondary N) is 1. The predicted molar refractivity (Wildman–Crippen MR) is 100 cm³/mol. The van der Waals surface area contributed by atoms with Crippen LogP contribution in [0.3, 0.4) is 0 Å². The summed E-state index contributed by atoms with van der Waals surface area (Å²) in [4.78, 5) is 9.81. The van der Waals surface area contributed by atoms with Crippen LogP contribution in [0.5, 0.6) is 0 Å². The van der Waals surface area contributed by atoms with Gasteiger partial charge in [-0.05, 0) is 17.7 Å². The van der Waals surface area contributed by atoms with E-state index in [0.717, 1.165) is 0 Å². The number of benzene rings is 1. The van der Waals surface area contributed by atoms with E-state index in [1.807, 2.05) is 18.2 Å². The van der Waals surface area contributed by atoms with Crippen molar-refractivity contribution in [3.63, 3.8) is 0 Å². The van der Waals surface area contributed by atoms with Gasteiger partial charge < -0.3 is 14.8 Å². The van der Waals surface area contributed by atoms with Crippen LogP contribution in [0.15, 0.2) is 67.4 Å². The lowest BCUT2D eigenvalue weighted by Crippen LogP contribution is -2.16. The van der Waals surface area contributed by atoms with Crippen LogP contribution >= 0.6 is 11.6 Å². The number of allylic oxidation sites excluding steroid dienone is 3. The average molecular weight is 352 g/mol. The SMILES string of the molecule is C=C/C=C(\C=C)NC=O.COCCOC(Cl)C(C)c1ccccc1. The summed E-state index contributed by atoms with van der Waals surface area (Å²) in [6.45, 7) is 10.1. The third kappa shape index (κ3) is 10.0. The number of alkyl halides is 1. The molecule has 1 rings (SSSR count). The molecule has 0 bridgehead atoms. The molecule has 24 heavy (non-hydrogen) atoms. The molecule has 0 aliphatic carbocycles. The van der Waals surface area contributed by atoms with Gasteiger partial charge >= 0.3 is 0 Å². The van der Waals surface area contributed by atoms with E-state index in [1.54, 1.807) is 19.3 Å². The Morgan fingerprint density at radius 3 is 2.46 bits per heavy atom. The van der Waals surface area contributed by atoms with Crippen LogP contribution in [0.2, 0.25) is 0 Å². The highest BCUT2D eigenvalue weighted by atomic mass is 35.5. The van der Waals surface area contributed by atoms with Crippen LogP contribution < -0.4 is 5.32 Å². The van der Waals surface area contributed by atoms with Crippen LogP contribution in [-0.2, 0) is 14.3 Å². The molecule has 0 aliphatic heterocycles. The van der Waals surface area contributed by atoms with E-state index in [-0.39, 0.29) is 11.5 Å². The highest BCUT2D eigenvalue weighted by molar-refractivity contribution is 6.20. The highest BCUT2D eigenvalue weighted by Crippen LogP contribution is 2.23. The number of hydrogen-bond donors (Lipinski definition) is 1. The van der Waals surface area contributed by atoms with Crippen molar-refractivity contribution in [3.8, 4) is 0 Å². The Labute approximate surface area is 149 Å². The van der Waals surface area contributed by atoms with Gasteiger partial charge in [0.25, 0.3) is 0 Å². The van der Waals surface area contributed by atoms with Crippen molar-refractivity contribution in [3.05, 3.63) is 73.0 Å². The van der Waals surface area contributed by atoms with Crippen molar-refractivity contribution in [2.24, 2.45) is 0 Å². The Hall–Kier alpha value is -1.88. The van der Waals surface area contributed by atoms with Gasteiger partial charge in [0.15, 0.2) is 0 Å². The van der Waals surface area contributed by atoms with E-state index in [9.17, 15) is 4.79 Å². The summed E-state index contributed by atoms with van der Waals surface area (Å²) >= 11 is 6.12. The molecule has 0 aromatic heterocycles. The van der Waals surface area contributed by atoms with E-state index < -0.39 is 0 Å². The number of methoxy groups -OCH3 is 1. The molecule has 0 saturated carbocycles. The van der Waals surface area contributed by atoms with Crippen LogP contribution in [-0.4, -0.2) is 32.3 Å². The maximum atomic E-state index is 9.81. The van der Waals surface area contributed by atoms with E-state index >= 15 is 0 Å². The first-order valence-corrected chi connectivity index (χ1v) is 7.99. The number of hydrogen-bond acceptors (Lipinski definition) is 3. The monoisotopic (exact) mass is 351 g/mol. The first-order chi connectivity index (χ1) is 11.6. The fourth-order valence-corrected chi connectivity index (χ4v) is 1.90. The zero-order valence-corrected chi connectivity index (χ0v) is 15.0. The van der Waals surface area contributed by atoms with Crippen molar-refractivity contribution in [1.29, 1.82) is 0 Å². The van der Waals surface area contributed by atoms with Gasteiger partial charge in [0.2, 0.25) is 6.41 Å². The minimum absolute atomic E-state index is 0.185. The van der Waals surface area contributed by atoms with Crippen LogP contribution in [0.1, 0.15) is 18.4 Å². The summed E-state index contributed by atoms with van der Waals surface area (Å²) in [5.74, 6) is 0.185. The second-order valence-corrected chi connectivity index (χ2v) is 5.17. The molecule has 0 heterocycles. The summed E-state index contributed by atoms with van der Waals surface area (Å²) in [6.07, 6.45) is 5.36. The van der Waals surface area contributed by atoms with E-state index in [2.05, 4.69) is 37.5 Å². The first-order valence-electron chi connectivity index (χ1n) is 7.55. The molecule has 132 valence electrons. The lowest BCUT2D eigenvalue weighted by molar-refractivity contribution is -0.108. The van der Waals surface area contributed by atoms with Crippen molar-refractivity contribution in [1.82, 2.24) is 5.32 Å². The highest BCUT2D eigenvalue weighted by Gasteiger charge is 2.16. The number of halogens is 1. The molecule has 0 aliphatic rings. The maximum absolute atomic E-state index is 9.81. The molecule has 0 spiro atoms. The smallest absolute Gasteiger partial charge is 0.211 e. The van der Waals surface area contributed by atoms with Crippen LogP contribution in [0, 0.1) is 0 Å². The number of rotatable bonds is 10. The maximum Gasteiger partial charge on any atom is 0.211 e. The number of ether oxygens (including phenoxy) is 2. The molecule has 2 unspecified atom stereocenters. The molecule has 2 atom stereocenters. The zero-order chi connectivity index (χ0) is 18.2. The lowest BCUT2D eigenvalue weighted by atomic mass is 10.0. The summed E-state index contributed by atoms with van der Waals surface area (Å²) in [7, 11) is 1.65. The van der Waals surface area contributed by atoms with E-state index in [0.29, 0.717) is 25.3 Å². The van der Waals surface area contributed by atoms with Crippen molar-refractivity contribution in [2.45, 2.75) is 18.4 Å². The normalized spacial score (nSPS) is 13.0. The Morgan fingerprint density at radius 1 is 1.29 bits per heavy atom. The third-order valence-corrected chi connectivity index (χ3v) is 3.53. The number of carbonyl (C=O) groups excluding carboxylic acids is 1. The van der Waals surface area contributed by atoms with E-state index in [4.69, 9.17) is 21.1 Å². The third-order valence-electron chi connectivity index (χ3n) is 3.03. The van der Waals surface area contributed by atoms with Gasteiger partial charge in [-0.1, -0.05) is 68.1 Å². The Bertz CT molecular complexity index is 503. The molecule has 0 radical (unpaired) electrons. The zero-order valence-electron chi connectivity index (χ0n) is 14.3. The van der Waals surface area contributed by atoms with Crippen molar-refractivity contribution in [2.75, 3.05) is 20.3 Å². The van der Waals surface area contributed by atoms with Gasteiger partial charge in [-0.3, -0.25) is 4.79 Å². The number of carbonyl (C=O) groups is 1. The van der Waals surface area contributed by atoms with Gasteiger partial charge in [0.1, 0.15) is 5.56 Å². The predicted octanol–water partition coefficient (Wildman–Crippen LogP) is 4.01. The fourth-order valence-electron chi connectivity index (χ4n) is 1.67. The summed E-state index contributed by atoms with van der Waals surface area (Å²) < 4.78 is 10.3. The Balaban J connectivity index is 0.000000506. The average Bonchev–Trinajstić information content (AvgIpc) is 2.62. The summed E-state index contributed by atoms with van der Waals surface area (Å²) in [5.41, 5.74) is 1.54. The molecule has 4 nitrogen and oxygen atoms in total. The molecular formula is C19H26ClNO3. The van der Waals surface area contributed by atoms with Gasteiger partial charge in [-0.25, -0.2) is 0 Å². The Morgan fingerprint density at radius 2 is 1.96 bits per heavy atom. The second kappa shape index (κ2) is 14.7. The van der Waals surface area contributed by atoms with Crippen LogP contribution in [0.25, 0.3) is 0 Å². The molecule has 1 N–H and O–H groups in total. The first kappa shape index (κ1) is 22.1. The van der Waals surface area contributed by atoms with Crippen molar-refractivity contribution < 1.29 is 14.3 Å². The standard InChI is InChI=1S/C12H17ClO2.C7H9NO/c1-10(11-6-4-3-5-7-11)12(13)15-9-8-14-2;1-3-5-7(4-2)8-6-9/h3-7,10,12H,8-9H2,1-2H3;3-6H,1-2H2,(H,8,9)/b;7-5+. The second-order valence-electron chi connectivity index (χ2n) is 4.74. The van der Waals surface area contributed by atoms with E-state index in [1.165, 1.54) is 11.6 Å². The van der Waals surface area contributed by atoms with Gasteiger partial charge in [0.05, 0.1) is 13.2 Å². The van der Waals surface area contributed by atoms with Gasteiger partial charge in [-0.2, -0.15) is 0 Å². The molecule has 0 saturated heterocycles.